The summed E-state index contributed by atoms with van der Waals surface area (Å²) in [5.41, 5.74) is 0.490. The molecule has 0 aromatic carbocycles. The molecule has 0 bridgehead atoms. The quantitative estimate of drug-likeness (QED) is 0.558. The minimum atomic E-state index is 0.350. The van der Waals surface area contributed by atoms with Crippen molar-refractivity contribution in [2.45, 2.75) is 32.1 Å². The molecule has 1 aliphatic carbocycles. The zero-order chi connectivity index (χ0) is 8.44. The van der Waals surface area contributed by atoms with Gasteiger partial charge in [0.15, 0.2) is 0 Å². The van der Waals surface area contributed by atoms with E-state index in [0.717, 1.165) is 32.3 Å². The van der Waals surface area contributed by atoms with Crippen molar-refractivity contribution < 1.29 is 9.53 Å². The molecule has 68 valence electrons. The summed E-state index contributed by atoms with van der Waals surface area (Å²) in [5.74, 6) is 0.350. The van der Waals surface area contributed by atoms with Gasteiger partial charge in [-0.1, -0.05) is 0 Å². The van der Waals surface area contributed by atoms with Gasteiger partial charge in [0.05, 0.1) is 0 Å². The fourth-order valence-electron chi connectivity index (χ4n) is 2.63. The zero-order valence-electron chi connectivity index (χ0n) is 7.42. The molecule has 2 rings (SSSR count). The highest BCUT2D eigenvalue weighted by Crippen LogP contribution is 2.47. The maximum Gasteiger partial charge on any atom is 0.123 e. The van der Waals surface area contributed by atoms with Crippen molar-refractivity contribution in [3.63, 3.8) is 0 Å². The summed E-state index contributed by atoms with van der Waals surface area (Å²) in [6.45, 7) is 1.82. The lowest BCUT2D eigenvalue weighted by Gasteiger charge is -2.33. The van der Waals surface area contributed by atoms with Crippen molar-refractivity contribution in [2.24, 2.45) is 11.3 Å². The second kappa shape index (κ2) is 3.17. The van der Waals surface area contributed by atoms with Gasteiger partial charge in [-0.15, -0.1) is 0 Å². The van der Waals surface area contributed by atoms with Crippen LogP contribution >= 0.6 is 0 Å². The van der Waals surface area contributed by atoms with E-state index in [1.165, 1.54) is 19.3 Å². The number of hydrogen-bond acceptors (Lipinski definition) is 2. The molecule has 0 N–H and O–H groups in total. The van der Waals surface area contributed by atoms with Crippen LogP contribution in [0, 0.1) is 11.3 Å². The van der Waals surface area contributed by atoms with Crippen molar-refractivity contribution in [3.05, 3.63) is 0 Å². The standard InChI is InChI=1S/C10H16O2/c11-8-9-1-2-10(7-9)3-5-12-6-4-10/h8-9H,1-7H2. The normalized spacial score (nSPS) is 33.8. The van der Waals surface area contributed by atoms with Crippen LogP contribution in [0.5, 0.6) is 0 Å². The Hall–Kier alpha value is -0.370. The van der Waals surface area contributed by atoms with Crippen LogP contribution < -0.4 is 0 Å². The van der Waals surface area contributed by atoms with Crippen LogP contribution in [0.3, 0.4) is 0 Å². The predicted octanol–water partition coefficient (Wildman–Crippen LogP) is 1.78. The van der Waals surface area contributed by atoms with Gasteiger partial charge in [0.1, 0.15) is 6.29 Å². The van der Waals surface area contributed by atoms with Crippen LogP contribution in [0.1, 0.15) is 32.1 Å². The van der Waals surface area contributed by atoms with Gasteiger partial charge in [-0.3, -0.25) is 0 Å². The number of rotatable bonds is 1. The molecule has 1 atom stereocenters. The van der Waals surface area contributed by atoms with E-state index in [1.807, 2.05) is 0 Å². The molecule has 1 saturated heterocycles. The van der Waals surface area contributed by atoms with E-state index in [0.29, 0.717) is 11.3 Å². The number of hydrogen-bond donors (Lipinski definition) is 0. The predicted molar refractivity (Wildman–Crippen MR) is 45.9 cm³/mol. The fourth-order valence-corrected chi connectivity index (χ4v) is 2.63. The lowest BCUT2D eigenvalue weighted by atomic mass is 9.78. The molecule has 2 aliphatic rings. The second-order valence-corrected chi connectivity index (χ2v) is 4.25. The summed E-state index contributed by atoms with van der Waals surface area (Å²) in [6, 6.07) is 0. The number of ether oxygens (including phenoxy) is 1. The Morgan fingerprint density at radius 2 is 2.00 bits per heavy atom. The van der Waals surface area contributed by atoms with Crippen molar-refractivity contribution in [1.29, 1.82) is 0 Å². The Balaban J connectivity index is 1.98. The van der Waals surface area contributed by atoms with Crippen molar-refractivity contribution in [3.8, 4) is 0 Å². The van der Waals surface area contributed by atoms with E-state index >= 15 is 0 Å². The van der Waals surface area contributed by atoms with Crippen LogP contribution in [-0.2, 0) is 9.53 Å². The summed E-state index contributed by atoms with van der Waals surface area (Å²) in [6.07, 6.45) is 6.99. The first-order valence-electron chi connectivity index (χ1n) is 4.88. The largest absolute Gasteiger partial charge is 0.381 e. The molecule has 0 aromatic rings. The van der Waals surface area contributed by atoms with Crippen LogP contribution in [0.2, 0.25) is 0 Å². The molecule has 0 amide bonds. The fraction of sp³-hybridized carbons (Fsp3) is 0.900. The van der Waals surface area contributed by atoms with Crippen LogP contribution in [0.15, 0.2) is 0 Å². The van der Waals surface area contributed by atoms with Crippen molar-refractivity contribution in [2.75, 3.05) is 13.2 Å². The van der Waals surface area contributed by atoms with Gasteiger partial charge in [0.2, 0.25) is 0 Å². The third kappa shape index (κ3) is 1.40. The Morgan fingerprint density at radius 1 is 1.25 bits per heavy atom. The Labute approximate surface area is 73.3 Å². The molecule has 12 heavy (non-hydrogen) atoms. The minimum absolute atomic E-state index is 0.350. The third-order valence-corrected chi connectivity index (χ3v) is 3.49. The summed E-state index contributed by atoms with van der Waals surface area (Å²) in [5, 5.41) is 0. The molecule has 1 heterocycles. The Morgan fingerprint density at radius 3 is 2.58 bits per heavy atom. The average molecular weight is 168 g/mol. The molecule has 1 unspecified atom stereocenters. The zero-order valence-corrected chi connectivity index (χ0v) is 7.42. The highest BCUT2D eigenvalue weighted by atomic mass is 16.5. The van der Waals surface area contributed by atoms with Crippen LogP contribution in [-0.4, -0.2) is 19.5 Å². The van der Waals surface area contributed by atoms with E-state index < -0.39 is 0 Å². The number of carbonyl (C=O) groups is 1. The van der Waals surface area contributed by atoms with Crippen molar-refractivity contribution in [1.82, 2.24) is 0 Å². The van der Waals surface area contributed by atoms with Crippen molar-refractivity contribution >= 4 is 6.29 Å². The Kier molecular flexibility index (Phi) is 2.18. The molecule has 1 aliphatic heterocycles. The van der Waals surface area contributed by atoms with E-state index in [9.17, 15) is 4.79 Å². The average Bonchev–Trinajstić information content (AvgIpc) is 2.50. The molecule has 1 saturated carbocycles. The lowest BCUT2D eigenvalue weighted by molar-refractivity contribution is -0.111. The molecule has 1 spiro atoms. The minimum Gasteiger partial charge on any atom is -0.381 e. The maximum absolute atomic E-state index is 10.6. The summed E-state index contributed by atoms with van der Waals surface area (Å²) >= 11 is 0. The smallest absolute Gasteiger partial charge is 0.123 e. The number of carbonyl (C=O) groups excluding carboxylic acids is 1. The van der Waals surface area contributed by atoms with Gasteiger partial charge < -0.3 is 9.53 Å². The molecular weight excluding hydrogens is 152 g/mol. The van der Waals surface area contributed by atoms with Gasteiger partial charge in [-0.25, -0.2) is 0 Å². The third-order valence-electron chi connectivity index (χ3n) is 3.49. The van der Waals surface area contributed by atoms with Gasteiger partial charge in [-0.2, -0.15) is 0 Å². The number of aldehydes is 1. The van der Waals surface area contributed by atoms with Gasteiger partial charge in [0, 0.05) is 19.1 Å². The molecular formula is C10H16O2. The highest BCUT2D eigenvalue weighted by Gasteiger charge is 2.39. The topological polar surface area (TPSA) is 26.3 Å². The maximum atomic E-state index is 10.6. The monoisotopic (exact) mass is 168 g/mol. The van der Waals surface area contributed by atoms with E-state index in [4.69, 9.17) is 4.74 Å². The molecule has 0 aromatic heterocycles. The molecule has 2 fully saturated rings. The molecule has 2 heteroatoms. The summed E-state index contributed by atoms with van der Waals surface area (Å²) in [4.78, 5) is 10.6. The SMILES string of the molecule is O=CC1CCC2(CCOCC2)C1. The van der Waals surface area contributed by atoms with Gasteiger partial charge >= 0.3 is 0 Å². The van der Waals surface area contributed by atoms with E-state index in [-0.39, 0.29) is 0 Å². The van der Waals surface area contributed by atoms with Crippen LogP contribution in [0.4, 0.5) is 0 Å². The van der Waals surface area contributed by atoms with Gasteiger partial charge in [-0.05, 0) is 37.5 Å². The second-order valence-electron chi connectivity index (χ2n) is 4.25. The lowest BCUT2D eigenvalue weighted by Crippen LogP contribution is -2.27. The first kappa shape index (κ1) is 8.24. The highest BCUT2D eigenvalue weighted by molar-refractivity contribution is 5.54. The van der Waals surface area contributed by atoms with Gasteiger partial charge in [0.25, 0.3) is 0 Å². The molecule has 2 nitrogen and oxygen atoms in total. The summed E-state index contributed by atoms with van der Waals surface area (Å²) < 4.78 is 5.34. The first-order valence-corrected chi connectivity index (χ1v) is 4.88. The van der Waals surface area contributed by atoms with E-state index in [1.54, 1.807) is 0 Å². The summed E-state index contributed by atoms with van der Waals surface area (Å²) in [7, 11) is 0. The molecule has 0 radical (unpaired) electrons. The first-order chi connectivity index (χ1) is 5.85. The Bertz CT molecular complexity index is 171. The van der Waals surface area contributed by atoms with E-state index in [2.05, 4.69) is 0 Å². The van der Waals surface area contributed by atoms with Crippen LogP contribution in [0.25, 0.3) is 0 Å².